The van der Waals surface area contributed by atoms with Crippen molar-refractivity contribution in [2.45, 2.75) is 19.8 Å². The number of nitrogens with one attached hydrogen (secondary N) is 1. The summed E-state index contributed by atoms with van der Waals surface area (Å²) >= 11 is 0. The van der Waals surface area contributed by atoms with Gasteiger partial charge in [0.1, 0.15) is 11.5 Å². The molecule has 122 valence electrons. The molecule has 23 heavy (non-hydrogen) atoms. The molecular weight excluding hydrogens is 290 g/mol. The lowest BCUT2D eigenvalue weighted by Gasteiger charge is -2.13. The first-order valence-electron chi connectivity index (χ1n) is 7.66. The first-order valence-corrected chi connectivity index (χ1v) is 7.66. The van der Waals surface area contributed by atoms with E-state index in [9.17, 15) is 4.79 Å². The van der Waals surface area contributed by atoms with Gasteiger partial charge in [0.2, 0.25) is 5.91 Å². The summed E-state index contributed by atoms with van der Waals surface area (Å²) in [4.78, 5) is 12.1. The van der Waals surface area contributed by atoms with Crippen molar-refractivity contribution in [2.75, 3.05) is 20.8 Å². The van der Waals surface area contributed by atoms with E-state index in [-0.39, 0.29) is 12.3 Å². The van der Waals surface area contributed by atoms with Crippen molar-refractivity contribution in [1.82, 2.24) is 5.32 Å². The highest BCUT2D eigenvalue weighted by Gasteiger charge is 2.12. The van der Waals surface area contributed by atoms with E-state index in [1.54, 1.807) is 14.2 Å². The maximum absolute atomic E-state index is 12.1. The number of methoxy groups -OCH3 is 2. The Kier molecular flexibility index (Phi) is 6.03. The average molecular weight is 313 g/mol. The summed E-state index contributed by atoms with van der Waals surface area (Å²) in [7, 11) is 3.23. The molecule has 4 nitrogen and oxygen atoms in total. The molecule has 0 heterocycles. The summed E-state index contributed by atoms with van der Waals surface area (Å²) < 4.78 is 10.7. The summed E-state index contributed by atoms with van der Waals surface area (Å²) in [6.07, 6.45) is 1.09. The smallest absolute Gasteiger partial charge is 0.224 e. The molecule has 0 aliphatic rings. The van der Waals surface area contributed by atoms with Crippen molar-refractivity contribution in [3.8, 4) is 11.5 Å². The lowest BCUT2D eigenvalue weighted by molar-refractivity contribution is -0.120. The molecule has 2 aromatic rings. The van der Waals surface area contributed by atoms with Gasteiger partial charge in [-0.15, -0.1) is 0 Å². The van der Waals surface area contributed by atoms with Crippen LogP contribution in [-0.2, 0) is 17.6 Å². The van der Waals surface area contributed by atoms with Crippen LogP contribution >= 0.6 is 0 Å². The van der Waals surface area contributed by atoms with E-state index in [0.717, 1.165) is 23.3 Å². The predicted octanol–water partition coefficient (Wildman–Crippen LogP) is 2.91. The van der Waals surface area contributed by atoms with E-state index in [4.69, 9.17) is 9.47 Å². The number of benzene rings is 2. The van der Waals surface area contributed by atoms with E-state index >= 15 is 0 Å². The Morgan fingerprint density at radius 3 is 2.39 bits per heavy atom. The second-order valence-corrected chi connectivity index (χ2v) is 5.40. The quantitative estimate of drug-likeness (QED) is 0.855. The van der Waals surface area contributed by atoms with Gasteiger partial charge in [0, 0.05) is 12.1 Å². The van der Waals surface area contributed by atoms with Gasteiger partial charge in [-0.2, -0.15) is 0 Å². The van der Waals surface area contributed by atoms with Gasteiger partial charge in [0.15, 0.2) is 0 Å². The molecule has 0 radical (unpaired) electrons. The number of ether oxygens (including phenoxy) is 2. The van der Waals surface area contributed by atoms with Crippen molar-refractivity contribution in [3.05, 3.63) is 59.2 Å². The molecule has 0 saturated carbocycles. The number of aryl methyl sites for hydroxylation is 1. The van der Waals surface area contributed by atoms with Crippen molar-refractivity contribution < 1.29 is 14.3 Å². The number of carbonyl (C=O) groups excluding carboxylic acids is 1. The van der Waals surface area contributed by atoms with E-state index in [1.165, 1.54) is 5.56 Å². The molecule has 0 aliphatic carbocycles. The van der Waals surface area contributed by atoms with Crippen molar-refractivity contribution >= 4 is 5.91 Å². The molecule has 0 spiro atoms. The fourth-order valence-electron chi connectivity index (χ4n) is 2.48. The lowest BCUT2D eigenvalue weighted by Crippen LogP contribution is -2.27. The largest absolute Gasteiger partial charge is 0.496 e. The second-order valence-electron chi connectivity index (χ2n) is 5.40. The molecular formula is C19H23NO3. The van der Waals surface area contributed by atoms with Gasteiger partial charge in [-0.25, -0.2) is 0 Å². The molecule has 2 rings (SSSR count). The van der Waals surface area contributed by atoms with Crippen LogP contribution in [0.4, 0.5) is 0 Å². The fourth-order valence-corrected chi connectivity index (χ4v) is 2.48. The summed E-state index contributed by atoms with van der Waals surface area (Å²) in [6, 6.07) is 13.9. The zero-order valence-electron chi connectivity index (χ0n) is 13.9. The summed E-state index contributed by atoms with van der Waals surface area (Å²) in [5, 5.41) is 2.95. The van der Waals surface area contributed by atoms with E-state index in [0.29, 0.717) is 12.3 Å². The van der Waals surface area contributed by atoms with Crippen LogP contribution in [0.25, 0.3) is 0 Å². The number of hydrogen-bond donors (Lipinski definition) is 1. The van der Waals surface area contributed by atoms with Crippen molar-refractivity contribution in [2.24, 2.45) is 0 Å². The van der Waals surface area contributed by atoms with Crippen LogP contribution in [0.1, 0.15) is 16.7 Å². The molecule has 0 saturated heterocycles. The van der Waals surface area contributed by atoms with Crippen LogP contribution in [0.2, 0.25) is 0 Å². The van der Waals surface area contributed by atoms with Gasteiger partial charge >= 0.3 is 0 Å². The average Bonchev–Trinajstić information content (AvgIpc) is 2.57. The molecule has 1 N–H and O–H groups in total. The number of carbonyl (C=O) groups is 1. The second kappa shape index (κ2) is 8.22. The highest BCUT2D eigenvalue weighted by atomic mass is 16.5. The minimum absolute atomic E-state index is 0.0230. The van der Waals surface area contributed by atoms with E-state index < -0.39 is 0 Å². The molecule has 0 fully saturated rings. The summed E-state index contributed by atoms with van der Waals surface area (Å²) in [5.41, 5.74) is 3.02. The monoisotopic (exact) mass is 313 g/mol. The molecule has 0 unspecified atom stereocenters. The van der Waals surface area contributed by atoms with Crippen LogP contribution < -0.4 is 14.8 Å². The van der Waals surface area contributed by atoms with Gasteiger partial charge in [-0.05, 0) is 36.6 Å². The van der Waals surface area contributed by atoms with Crippen LogP contribution in [0.15, 0.2) is 42.5 Å². The Morgan fingerprint density at radius 2 is 1.74 bits per heavy atom. The molecule has 0 bridgehead atoms. The third kappa shape index (κ3) is 4.74. The maximum Gasteiger partial charge on any atom is 0.224 e. The van der Waals surface area contributed by atoms with Crippen LogP contribution in [0.5, 0.6) is 11.5 Å². The van der Waals surface area contributed by atoms with Crippen LogP contribution in [0.3, 0.4) is 0 Å². The van der Waals surface area contributed by atoms with Gasteiger partial charge in [0.05, 0.1) is 20.6 Å². The molecule has 0 aromatic heterocycles. The molecule has 4 heteroatoms. The number of hydrogen-bond acceptors (Lipinski definition) is 3. The third-order valence-corrected chi connectivity index (χ3v) is 3.73. The molecule has 0 atom stereocenters. The van der Waals surface area contributed by atoms with E-state index in [1.807, 2.05) is 37.3 Å². The minimum atomic E-state index is -0.0230. The number of rotatable bonds is 7. The van der Waals surface area contributed by atoms with Gasteiger partial charge in [-0.3, -0.25) is 4.79 Å². The highest BCUT2D eigenvalue weighted by Crippen LogP contribution is 2.28. The number of amides is 1. The van der Waals surface area contributed by atoms with Gasteiger partial charge in [0.25, 0.3) is 0 Å². The third-order valence-electron chi connectivity index (χ3n) is 3.73. The fraction of sp³-hybridized carbons (Fsp3) is 0.316. The predicted molar refractivity (Wildman–Crippen MR) is 91.1 cm³/mol. The minimum Gasteiger partial charge on any atom is -0.496 e. The van der Waals surface area contributed by atoms with Gasteiger partial charge in [-0.1, -0.05) is 30.3 Å². The summed E-state index contributed by atoms with van der Waals surface area (Å²) in [5.74, 6) is 1.45. The normalized spacial score (nSPS) is 10.2. The van der Waals surface area contributed by atoms with Crippen molar-refractivity contribution in [1.29, 1.82) is 0 Å². The Morgan fingerprint density at radius 1 is 1.04 bits per heavy atom. The van der Waals surface area contributed by atoms with Crippen molar-refractivity contribution in [3.63, 3.8) is 0 Å². The Hall–Kier alpha value is -2.49. The standard InChI is InChI=1S/C19H23NO3/c1-14-11-18(23-3)16(12-17(14)22-2)13-19(21)20-10-9-15-7-5-4-6-8-15/h4-8,11-12H,9-10,13H2,1-3H3,(H,20,21). The maximum atomic E-state index is 12.1. The zero-order valence-corrected chi connectivity index (χ0v) is 13.9. The van der Waals surface area contributed by atoms with Crippen LogP contribution in [0, 0.1) is 6.92 Å². The zero-order chi connectivity index (χ0) is 16.7. The first-order chi connectivity index (χ1) is 11.1. The Bertz CT molecular complexity index is 653. The van der Waals surface area contributed by atoms with E-state index in [2.05, 4.69) is 17.4 Å². The topological polar surface area (TPSA) is 47.6 Å². The van der Waals surface area contributed by atoms with Crippen LogP contribution in [-0.4, -0.2) is 26.7 Å². The highest BCUT2D eigenvalue weighted by molar-refractivity contribution is 5.79. The lowest BCUT2D eigenvalue weighted by atomic mass is 10.1. The molecule has 2 aromatic carbocycles. The summed E-state index contributed by atoms with van der Waals surface area (Å²) in [6.45, 7) is 2.57. The first kappa shape index (κ1) is 16.9. The Balaban J connectivity index is 1.94. The Labute approximate surface area is 137 Å². The SMILES string of the molecule is COc1cc(CC(=O)NCCc2ccccc2)c(OC)cc1C. The molecule has 1 amide bonds. The molecule has 0 aliphatic heterocycles. The van der Waals surface area contributed by atoms with Gasteiger partial charge < -0.3 is 14.8 Å².